The molecule has 1 aliphatic rings. The van der Waals surface area contributed by atoms with Crippen molar-refractivity contribution in [1.82, 2.24) is 9.80 Å². The van der Waals surface area contributed by atoms with Crippen molar-refractivity contribution < 1.29 is 14.3 Å². The monoisotopic (exact) mass is 186 g/mol. The van der Waals surface area contributed by atoms with Crippen LogP contribution in [0.4, 0.5) is 0 Å². The Balaban J connectivity index is 2.31. The van der Waals surface area contributed by atoms with Crippen LogP contribution in [0.25, 0.3) is 0 Å². The molecule has 0 bridgehead atoms. The second-order valence-electron chi connectivity index (χ2n) is 2.96. The van der Waals surface area contributed by atoms with E-state index in [1.807, 2.05) is 0 Å². The molecule has 0 N–H and O–H groups in total. The average Bonchev–Trinajstić information content (AvgIpc) is 2.18. The van der Waals surface area contributed by atoms with Crippen LogP contribution in [0.5, 0.6) is 0 Å². The van der Waals surface area contributed by atoms with E-state index in [2.05, 4.69) is 0 Å². The van der Waals surface area contributed by atoms with Gasteiger partial charge in [-0.15, -0.1) is 0 Å². The molecule has 0 saturated carbocycles. The van der Waals surface area contributed by atoms with Crippen LogP contribution in [-0.2, 0) is 14.3 Å². The molecule has 0 aromatic carbocycles. The van der Waals surface area contributed by atoms with Crippen molar-refractivity contribution >= 4 is 12.3 Å². The van der Waals surface area contributed by atoms with Gasteiger partial charge in [-0.25, -0.2) is 0 Å². The van der Waals surface area contributed by atoms with Gasteiger partial charge in [0.05, 0.1) is 0 Å². The quantitative estimate of drug-likeness (QED) is 0.527. The molecule has 5 heteroatoms. The Morgan fingerprint density at radius 3 is 2.46 bits per heavy atom. The van der Waals surface area contributed by atoms with Crippen molar-refractivity contribution in [2.24, 2.45) is 0 Å². The third-order valence-electron chi connectivity index (χ3n) is 2.08. The molecule has 0 aromatic heterocycles. The number of ether oxygens (including phenoxy) is 1. The summed E-state index contributed by atoms with van der Waals surface area (Å²) in [7, 11) is 1.50. The maximum atomic E-state index is 11.3. The van der Waals surface area contributed by atoms with Crippen molar-refractivity contribution in [1.29, 1.82) is 0 Å². The summed E-state index contributed by atoms with van der Waals surface area (Å²) in [5.41, 5.74) is 0. The Morgan fingerprint density at radius 1 is 1.38 bits per heavy atom. The molecule has 1 fully saturated rings. The summed E-state index contributed by atoms with van der Waals surface area (Å²) in [6.45, 7) is 2.60. The van der Waals surface area contributed by atoms with Crippen LogP contribution >= 0.6 is 0 Å². The van der Waals surface area contributed by atoms with E-state index >= 15 is 0 Å². The zero-order valence-corrected chi connectivity index (χ0v) is 7.73. The maximum Gasteiger partial charge on any atom is 0.248 e. The molecule has 1 saturated heterocycles. The van der Waals surface area contributed by atoms with E-state index in [9.17, 15) is 9.59 Å². The number of methoxy groups -OCH3 is 1. The van der Waals surface area contributed by atoms with Gasteiger partial charge in [0.25, 0.3) is 0 Å². The summed E-state index contributed by atoms with van der Waals surface area (Å²) in [6, 6.07) is 0. The first-order valence-electron chi connectivity index (χ1n) is 4.24. The number of rotatable bonds is 3. The molecule has 2 amide bonds. The van der Waals surface area contributed by atoms with Gasteiger partial charge in [0.1, 0.15) is 6.61 Å². The van der Waals surface area contributed by atoms with Gasteiger partial charge < -0.3 is 14.5 Å². The summed E-state index contributed by atoms with van der Waals surface area (Å²) in [6.07, 6.45) is 0.818. The molecule has 1 aliphatic heterocycles. The van der Waals surface area contributed by atoms with Gasteiger partial charge in [-0.1, -0.05) is 0 Å². The molecule has 1 heterocycles. The minimum atomic E-state index is -0.00644. The molecule has 0 atom stereocenters. The second kappa shape index (κ2) is 4.81. The van der Waals surface area contributed by atoms with E-state index in [0.29, 0.717) is 26.2 Å². The fraction of sp³-hybridized carbons (Fsp3) is 0.750. The van der Waals surface area contributed by atoms with Crippen LogP contribution in [0.1, 0.15) is 0 Å². The summed E-state index contributed by atoms with van der Waals surface area (Å²) in [5.74, 6) is -0.00644. The Morgan fingerprint density at radius 2 is 2.00 bits per heavy atom. The van der Waals surface area contributed by atoms with Crippen molar-refractivity contribution in [3.05, 3.63) is 0 Å². The molecular formula is C8H14N2O3. The van der Waals surface area contributed by atoms with Gasteiger partial charge in [-0.2, -0.15) is 0 Å². The zero-order chi connectivity index (χ0) is 9.68. The average molecular weight is 186 g/mol. The predicted molar refractivity (Wildman–Crippen MR) is 46.1 cm³/mol. The standard InChI is InChI=1S/C8H14N2O3/c1-13-6-8(12)10-4-2-9(7-11)3-5-10/h7H,2-6H2,1H3. The number of hydrogen-bond acceptors (Lipinski definition) is 3. The second-order valence-corrected chi connectivity index (χ2v) is 2.96. The third kappa shape index (κ3) is 2.69. The largest absolute Gasteiger partial charge is 0.375 e. The van der Waals surface area contributed by atoms with Crippen molar-refractivity contribution in [3.63, 3.8) is 0 Å². The highest BCUT2D eigenvalue weighted by molar-refractivity contribution is 5.77. The van der Waals surface area contributed by atoms with Crippen LogP contribution in [-0.4, -0.2) is 62.0 Å². The minimum Gasteiger partial charge on any atom is -0.375 e. The molecular weight excluding hydrogens is 172 g/mol. The predicted octanol–water partition coefficient (Wildman–Crippen LogP) is -1.07. The van der Waals surface area contributed by atoms with Crippen molar-refractivity contribution in [2.75, 3.05) is 39.9 Å². The molecule has 0 radical (unpaired) electrons. The smallest absolute Gasteiger partial charge is 0.248 e. The molecule has 0 unspecified atom stereocenters. The Bertz CT molecular complexity index is 188. The van der Waals surface area contributed by atoms with E-state index in [1.165, 1.54) is 7.11 Å². The minimum absolute atomic E-state index is 0.00644. The number of carbonyl (C=O) groups is 2. The number of hydrogen-bond donors (Lipinski definition) is 0. The van der Waals surface area contributed by atoms with Gasteiger partial charge in [0.2, 0.25) is 12.3 Å². The topological polar surface area (TPSA) is 49.9 Å². The first-order chi connectivity index (χ1) is 6.27. The van der Waals surface area contributed by atoms with Gasteiger partial charge >= 0.3 is 0 Å². The number of amides is 2. The molecule has 0 aromatic rings. The van der Waals surface area contributed by atoms with Crippen molar-refractivity contribution in [2.45, 2.75) is 0 Å². The normalized spacial score (nSPS) is 17.3. The van der Waals surface area contributed by atoms with Gasteiger partial charge in [0.15, 0.2) is 0 Å². The lowest BCUT2D eigenvalue weighted by Crippen LogP contribution is -2.49. The number of piperazine rings is 1. The van der Waals surface area contributed by atoms with E-state index < -0.39 is 0 Å². The van der Waals surface area contributed by atoms with Crippen LogP contribution in [0.15, 0.2) is 0 Å². The highest BCUT2D eigenvalue weighted by Gasteiger charge is 2.19. The van der Waals surface area contributed by atoms with Crippen LogP contribution in [0.3, 0.4) is 0 Å². The van der Waals surface area contributed by atoms with Crippen LogP contribution in [0, 0.1) is 0 Å². The number of nitrogens with zero attached hydrogens (tertiary/aromatic N) is 2. The Labute approximate surface area is 77.2 Å². The number of carbonyl (C=O) groups excluding carboxylic acids is 2. The Hall–Kier alpha value is -1.10. The van der Waals surface area contributed by atoms with Crippen LogP contribution in [0.2, 0.25) is 0 Å². The SMILES string of the molecule is COCC(=O)N1CCN(C=O)CC1. The van der Waals surface area contributed by atoms with E-state index in [-0.39, 0.29) is 12.5 Å². The molecule has 0 aliphatic carbocycles. The van der Waals surface area contributed by atoms with E-state index in [1.54, 1.807) is 9.80 Å². The lowest BCUT2D eigenvalue weighted by atomic mass is 10.3. The molecule has 0 spiro atoms. The summed E-state index contributed by atoms with van der Waals surface area (Å²) in [5, 5.41) is 0. The fourth-order valence-corrected chi connectivity index (χ4v) is 1.29. The first kappa shape index (κ1) is 9.98. The zero-order valence-electron chi connectivity index (χ0n) is 7.73. The summed E-state index contributed by atoms with van der Waals surface area (Å²) >= 11 is 0. The summed E-state index contributed by atoms with van der Waals surface area (Å²) in [4.78, 5) is 25.0. The van der Waals surface area contributed by atoms with E-state index in [0.717, 1.165) is 6.41 Å². The highest BCUT2D eigenvalue weighted by atomic mass is 16.5. The van der Waals surface area contributed by atoms with Gasteiger partial charge in [0, 0.05) is 33.3 Å². The maximum absolute atomic E-state index is 11.3. The Kier molecular flexibility index (Phi) is 3.70. The molecule has 5 nitrogen and oxygen atoms in total. The van der Waals surface area contributed by atoms with Gasteiger partial charge in [-0.05, 0) is 0 Å². The fourth-order valence-electron chi connectivity index (χ4n) is 1.29. The van der Waals surface area contributed by atoms with Crippen molar-refractivity contribution in [3.8, 4) is 0 Å². The molecule has 13 heavy (non-hydrogen) atoms. The summed E-state index contributed by atoms with van der Waals surface area (Å²) < 4.78 is 4.74. The van der Waals surface area contributed by atoms with Crippen LogP contribution < -0.4 is 0 Å². The molecule has 1 rings (SSSR count). The first-order valence-corrected chi connectivity index (χ1v) is 4.24. The third-order valence-corrected chi connectivity index (χ3v) is 2.08. The lowest BCUT2D eigenvalue weighted by Gasteiger charge is -2.32. The highest BCUT2D eigenvalue weighted by Crippen LogP contribution is 1.99. The van der Waals surface area contributed by atoms with E-state index in [4.69, 9.17) is 4.74 Å². The molecule has 74 valence electrons. The van der Waals surface area contributed by atoms with Gasteiger partial charge in [-0.3, -0.25) is 9.59 Å². The lowest BCUT2D eigenvalue weighted by molar-refractivity contribution is -0.138.